The number of aromatic nitrogens is 3. The van der Waals surface area contributed by atoms with Gasteiger partial charge in [0, 0.05) is 36.2 Å². The van der Waals surface area contributed by atoms with Crippen LogP contribution >= 0.6 is 28.1 Å². The molecule has 7 heteroatoms. The van der Waals surface area contributed by atoms with Crippen LogP contribution in [0.4, 0.5) is 5.82 Å². The zero-order valence-electron chi connectivity index (χ0n) is 10.2. The third-order valence-corrected chi connectivity index (χ3v) is 3.12. The van der Waals surface area contributed by atoms with E-state index in [9.17, 15) is 0 Å². The van der Waals surface area contributed by atoms with Crippen molar-refractivity contribution in [1.82, 2.24) is 19.9 Å². The molecule has 0 saturated carbocycles. The van der Waals surface area contributed by atoms with E-state index in [0.717, 1.165) is 29.8 Å². The number of imidazole rings is 1. The maximum Gasteiger partial charge on any atom is 0.171 e. The summed E-state index contributed by atoms with van der Waals surface area (Å²) in [4.78, 5) is 8.18. The van der Waals surface area contributed by atoms with Gasteiger partial charge < -0.3 is 15.2 Å². The normalized spacial score (nSPS) is 10.2. The van der Waals surface area contributed by atoms with E-state index < -0.39 is 0 Å². The molecule has 0 aliphatic carbocycles. The van der Waals surface area contributed by atoms with Gasteiger partial charge in [-0.2, -0.15) is 0 Å². The molecule has 2 aromatic heterocycles. The van der Waals surface area contributed by atoms with Gasteiger partial charge in [-0.15, -0.1) is 0 Å². The molecular weight excluding hydrogens is 326 g/mol. The molecule has 2 rings (SSSR count). The van der Waals surface area contributed by atoms with Crippen LogP contribution in [0.3, 0.4) is 0 Å². The van der Waals surface area contributed by atoms with Crippen LogP contribution < -0.4 is 10.6 Å². The molecule has 2 heterocycles. The Balaban J connectivity index is 1.65. The number of aryl methyl sites for hydroxylation is 1. The second kappa shape index (κ2) is 7.20. The molecule has 19 heavy (non-hydrogen) atoms. The van der Waals surface area contributed by atoms with Crippen molar-refractivity contribution in [3.63, 3.8) is 0 Å². The van der Waals surface area contributed by atoms with Crippen LogP contribution in [0.2, 0.25) is 0 Å². The summed E-state index contributed by atoms with van der Waals surface area (Å²) in [5, 5.41) is 6.76. The summed E-state index contributed by atoms with van der Waals surface area (Å²) >= 11 is 8.52. The first-order valence-electron chi connectivity index (χ1n) is 5.86. The summed E-state index contributed by atoms with van der Waals surface area (Å²) in [6.07, 6.45) is 8.24. The van der Waals surface area contributed by atoms with Crippen LogP contribution in [0.15, 0.2) is 41.5 Å². The number of hydrogen-bond acceptors (Lipinski definition) is 3. The first kappa shape index (κ1) is 14.0. The topological polar surface area (TPSA) is 54.8 Å². The van der Waals surface area contributed by atoms with Gasteiger partial charge in [0.1, 0.15) is 5.82 Å². The van der Waals surface area contributed by atoms with Crippen molar-refractivity contribution in [2.45, 2.75) is 13.0 Å². The Kier molecular flexibility index (Phi) is 5.29. The first-order chi connectivity index (χ1) is 9.24. The highest BCUT2D eigenvalue weighted by molar-refractivity contribution is 9.10. The van der Waals surface area contributed by atoms with Gasteiger partial charge in [-0.3, -0.25) is 0 Å². The standard InChI is InChI=1S/C12H14BrN5S/c13-10-2-3-11(16-8-10)17-12(19)15-4-1-6-18-7-5-14-9-18/h2-3,5,7-9H,1,4,6H2,(H2,15,16,17,19). The number of nitrogens with one attached hydrogen (secondary N) is 2. The average Bonchev–Trinajstić information content (AvgIpc) is 2.91. The van der Waals surface area contributed by atoms with Gasteiger partial charge in [0.25, 0.3) is 0 Å². The second-order valence-electron chi connectivity index (χ2n) is 3.90. The quantitative estimate of drug-likeness (QED) is 0.647. The molecule has 0 amide bonds. The third-order valence-electron chi connectivity index (χ3n) is 2.41. The lowest BCUT2D eigenvalue weighted by Crippen LogP contribution is -2.30. The Labute approximate surface area is 125 Å². The maximum absolute atomic E-state index is 5.19. The van der Waals surface area contributed by atoms with Gasteiger partial charge in [-0.25, -0.2) is 9.97 Å². The van der Waals surface area contributed by atoms with E-state index in [1.807, 2.05) is 29.2 Å². The zero-order chi connectivity index (χ0) is 13.5. The smallest absolute Gasteiger partial charge is 0.171 e. The molecule has 100 valence electrons. The predicted molar refractivity (Wildman–Crippen MR) is 83.0 cm³/mol. The van der Waals surface area contributed by atoms with Gasteiger partial charge >= 0.3 is 0 Å². The molecule has 0 saturated heterocycles. The van der Waals surface area contributed by atoms with Gasteiger partial charge in [0.15, 0.2) is 5.11 Å². The van der Waals surface area contributed by atoms with Crippen LogP contribution in [-0.4, -0.2) is 26.2 Å². The molecule has 2 N–H and O–H groups in total. The zero-order valence-corrected chi connectivity index (χ0v) is 12.6. The highest BCUT2D eigenvalue weighted by atomic mass is 79.9. The molecule has 0 aliphatic rings. The summed E-state index contributed by atoms with van der Waals surface area (Å²) < 4.78 is 2.98. The lowest BCUT2D eigenvalue weighted by molar-refractivity contribution is 0.632. The predicted octanol–water partition coefficient (Wildman–Crippen LogP) is 2.42. The van der Waals surface area contributed by atoms with Crippen LogP contribution in [-0.2, 0) is 6.54 Å². The minimum absolute atomic E-state index is 0.584. The summed E-state index contributed by atoms with van der Waals surface area (Å²) in [5.41, 5.74) is 0. The highest BCUT2D eigenvalue weighted by Gasteiger charge is 1.98. The summed E-state index contributed by atoms with van der Waals surface area (Å²) in [5.74, 6) is 0.732. The van der Waals surface area contributed by atoms with Crippen molar-refractivity contribution in [1.29, 1.82) is 0 Å². The molecular formula is C12H14BrN5S. The summed E-state index contributed by atoms with van der Waals surface area (Å²) in [7, 11) is 0. The largest absolute Gasteiger partial charge is 0.362 e. The Bertz CT molecular complexity index is 511. The van der Waals surface area contributed by atoms with Crippen LogP contribution in [0.25, 0.3) is 0 Å². The van der Waals surface area contributed by atoms with Gasteiger partial charge in [0.2, 0.25) is 0 Å². The van der Waals surface area contributed by atoms with Gasteiger partial charge in [-0.1, -0.05) is 0 Å². The fourth-order valence-electron chi connectivity index (χ4n) is 1.49. The Morgan fingerprint density at radius 2 is 2.32 bits per heavy atom. The highest BCUT2D eigenvalue weighted by Crippen LogP contribution is 2.10. The van der Waals surface area contributed by atoms with E-state index in [2.05, 4.69) is 36.5 Å². The van der Waals surface area contributed by atoms with Crippen molar-refractivity contribution >= 4 is 39.1 Å². The van der Waals surface area contributed by atoms with E-state index in [1.54, 1.807) is 12.4 Å². The van der Waals surface area contributed by atoms with E-state index >= 15 is 0 Å². The molecule has 0 fully saturated rings. The molecule has 0 bridgehead atoms. The number of anilines is 1. The van der Waals surface area contributed by atoms with E-state index in [0.29, 0.717) is 5.11 Å². The van der Waals surface area contributed by atoms with E-state index in [4.69, 9.17) is 12.2 Å². The van der Waals surface area contributed by atoms with Gasteiger partial charge in [-0.05, 0) is 46.7 Å². The van der Waals surface area contributed by atoms with Crippen LogP contribution in [0.5, 0.6) is 0 Å². The fourth-order valence-corrected chi connectivity index (χ4v) is 1.93. The molecule has 5 nitrogen and oxygen atoms in total. The molecule has 0 atom stereocenters. The van der Waals surface area contributed by atoms with E-state index in [-0.39, 0.29) is 0 Å². The first-order valence-corrected chi connectivity index (χ1v) is 7.06. The number of thiocarbonyl (C=S) groups is 1. The third kappa shape index (κ3) is 4.96. The second-order valence-corrected chi connectivity index (χ2v) is 5.22. The Hall–Kier alpha value is -1.47. The van der Waals surface area contributed by atoms with Crippen LogP contribution in [0.1, 0.15) is 6.42 Å². The summed E-state index contributed by atoms with van der Waals surface area (Å²) in [6, 6.07) is 3.78. The SMILES string of the molecule is S=C(NCCCn1ccnc1)Nc1ccc(Br)cn1. The molecule has 0 aromatic carbocycles. The molecule has 0 spiro atoms. The Morgan fingerprint density at radius 1 is 1.42 bits per heavy atom. The molecule has 2 aromatic rings. The van der Waals surface area contributed by atoms with Crippen molar-refractivity contribution in [2.75, 3.05) is 11.9 Å². The van der Waals surface area contributed by atoms with Crippen molar-refractivity contribution < 1.29 is 0 Å². The minimum atomic E-state index is 0.584. The monoisotopic (exact) mass is 339 g/mol. The van der Waals surface area contributed by atoms with Gasteiger partial charge in [0.05, 0.1) is 6.33 Å². The van der Waals surface area contributed by atoms with Crippen molar-refractivity contribution in [3.05, 3.63) is 41.5 Å². The number of hydrogen-bond donors (Lipinski definition) is 2. The maximum atomic E-state index is 5.19. The minimum Gasteiger partial charge on any atom is -0.362 e. The Morgan fingerprint density at radius 3 is 3.00 bits per heavy atom. The van der Waals surface area contributed by atoms with Crippen molar-refractivity contribution in [3.8, 4) is 0 Å². The summed E-state index contributed by atoms with van der Waals surface area (Å²) in [6.45, 7) is 1.73. The van der Waals surface area contributed by atoms with E-state index in [1.165, 1.54) is 0 Å². The lowest BCUT2D eigenvalue weighted by atomic mass is 10.4. The lowest BCUT2D eigenvalue weighted by Gasteiger charge is -2.09. The van der Waals surface area contributed by atoms with Crippen molar-refractivity contribution in [2.24, 2.45) is 0 Å². The number of pyridine rings is 1. The molecule has 0 aliphatic heterocycles. The molecule has 0 unspecified atom stereocenters. The number of halogens is 1. The van der Waals surface area contributed by atoms with Crippen LogP contribution in [0, 0.1) is 0 Å². The number of rotatable bonds is 5. The number of nitrogens with zero attached hydrogens (tertiary/aromatic N) is 3. The fraction of sp³-hybridized carbons (Fsp3) is 0.250. The average molecular weight is 340 g/mol. The molecule has 0 radical (unpaired) electrons.